The van der Waals surface area contributed by atoms with Crippen LogP contribution in [0.15, 0.2) is 72.9 Å². The maximum atomic E-state index is 6.39. The molecule has 0 aliphatic carbocycles. The van der Waals surface area contributed by atoms with Crippen molar-refractivity contribution in [3.63, 3.8) is 0 Å². The van der Waals surface area contributed by atoms with Crippen LogP contribution in [-0.4, -0.2) is 14.7 Å². The maximum absolute atomic E-state index is 6.39. The van der Waals surface area contributed by atoms with Gasteiger partial charge in [-0.15, -0.1) is 0 Å². The van der Waals surface area contributed by atoms with Crippen LogP contribution in [0.1, 0.15) is 45.9 Å². The number of pyridine rings is 1. The molecule has 4 aromatic rings. The molecule has 1 N–H and O–H groups in total. The number of anilines is 1. The highest BCUT2D eigenvalue weighted by molar-refractivity contribution is 7.80. The lowest BCUT2D eigenvalue weighted by Crippen LogP contribution is -2.29. The minimum Gasteiger partial charge on any atom is -0.351 e. The topological polar surface area (TPSA) is 33.1 Å². The number of thiocarbonyl (C=S) groups is 1. The van der Waals surface area contributed by atoms with Crippen LogP contribution in [-0.2, 0) is 0 Å². The van der Waals surface area contributed by atoms with Gasteiger partial charge in [0.25, 0.3) is 0 Å². The third kappa shape index (κ3) is 3.89. The van der Waals surface area contributed by atoms with Crippen molar-refractivity contribution in [3.05, 3.63) is 112 Å². The molecule has 1 aliphatic heterocycles. The van der Waals surface area contributed by atoms with Crippen molar-refractivity contribution < 1.29 is 0 Å². The number of rotatable bonds is 4. The van der Waals surface area contributed by atoms with Gasteiger partial charge in [0, 0.05) is 34.0 Å². The molecule has 0 saturated carbocycles. The van der Waals surface area contributed by atoms with Gasteiger partial charge < -0.3 is 14.8 Å². The molecule has 0 spiro atoms. The Morgan fingerprint density at radius 3 is 2.50 bits per heavy atom. The summed E-state index contributed by atoms with van der Waals surface area (Å²) in [5.74, 6) is 0. The quantitative estimate of drug-likeness (QED) is 0.317. The molecular weight excluding hydrogens is 460 g/mol. The van der Waals surface area contributed by atoms with Gasteiger partial charge in [0.05, 0.1) is 17.8 Å². The van der Waals surface area contributed by atoms with E-state index in [0.29, 0.717) is 5.11 Å². The lowest BCUT2D eigenvalue weighted by Gasteiger charge is -2.28. The van der Waals surface area contributed by atoms with E-state index in [1.165, 1.54) is 16.7 Å². The minimum atomic E-state index is -0.0800. The summed E-state index contributed by atoms with van der Waals surface area (Å²) in [6.07, 6.45) is 1.84. The first-order chi connectivity index (χ1) is 16.3. The second kappa shape index (κ2) is 8.90. The fourth-order valence-corrected chi connectivity index (χ4v) is 5.52. The lowest BCUT2D eigenvalue weighted by molar-refractivity contribution is 0.565. The van der Waals surface area contributed by atoms with E-state index in [1.54, 1.807) is 0 Å². The van der Waals surface area contributed by atoms with Gasteiger partial charge in [0.2, 0.25) is 0 Å². The maximum Gasteiger partial charge on any atom is 0.174 e. The zero-order valence-electron chi connectivity index (χ0n) is 19.7. The summed E-state index contributed by atoms with van der Waals surface area (Å²) in [7, 11) is 0. The molecule has 6 heteroatoms. The first-order valence-corrected chi connectivity index (χ1v) is 12.2. The Morgan fingerprint density at radius 2 is 1.76 bits per heavy atom. The molecule has 0 bridgehead atoms. The predicted octanol–water partition coefficient (Wildman–Crippen LogP) is 6.94. The Labute approximate surface area is 211 Å². The van der Waals surface area contributed by atoms with Crippen LogP contribution in [0.2, 0.25) is 5.02 Å². The number of nitrogens with one attached hydrogen (secondary N) is 1. The van der Waals surface area contributed by atoms with Crippen molar-refractivity contribution in [2.45, 2.75) is 39.8 Å². The van der Waals surface area contributed by atoms with Gasteiger partial charge in [0.1, 0.15) is 0 Å². The number of nitrogens with zero attached hydrogens (tertiary/aromatic N) is 3. The lowest BCUT2D eigenvalue weighted by atomic mass is 9.96. The van der Waals surface area contributed by atoms with E-state index in [0.717, 1.165) is 33.5 Å². The third-order valence-corrected chi connectivity index (χ3v) is 7.13. The van der Waals surface area contributed by atoms with E-state index < -0.39 is 0 Å². The molecule has 34 heavy (non-hydrogen) atoms. The third-order valence-electron chi connectivity index (χ3n) is 6.58. The molecule has 5 rings (SSSR count). The summed E-state index contributed by atoms with van der Waals surface area (Å²) in [5, 5.41) is 5.00. The molecule has 172 valence electrons. The van der Waals surface area contributed by atoms with Crippen molar-refractivity contribution in [3.8, 4) is 5.69 Å². The molecule has 1 aliphatic rings. The number of hydrogen-bond donors (Lipinski definition) is 1. The van der Waals surface area contributed by atoms with Crippen LogP contribution in [0, 0.1) is 27.7 Å². The molecule has 2 atom stereocenters. The number of benzene rings is 2. The Morgan fingerprint density at radius 1 is 0.941 bits per heavy atom. The zero-order valence-corrected chi connectivity index (χ0v) is 21.3. The first-order valence-electron chi connectivity index (χ1n) is 11.4. The highest BCUT2D eigenvalue weighted by atomic mass is 35.5. The number of aryl methyl sites for hydroxylation is 3. The number of halogens is 1. The van der Waals surface area contributed by atoms with Crippen LogP contribution in [0.3, 0.4) is 0 Å². The summed E-state index contributed by atoms with van der Waals surface area (Å²) >= 11 is 12.3. The molecule has 1 fully saturated rings. The molecule has 2 aromatic carbocycles. The Kier molecular flexibility index (Phi) is 5.92. The monoisotopic (exact) mass is 486 g/mol. The van der Waals surface area contributed by atoms with Gasteiger partial charge in [-0.25, -0.2) is 0 Å². The van der Waals surface area contributed by atoms with Crippen molar-refractivity contribution in [2.75, 3.05) is 4.90 Å². The van der Waals surface area contributed by atoms with Crippen LogP contribution < -0.4 is 10.2 Å². The van der Waals surface area contributed by atoms with Gasteiger partial charge in [-0.2, -0.15) is 0 Å². The smallest absolute Gasteiger partial charge is 0.174 e. The van der Waals surface area contributed by atoms with E-state index in [-0.39, 0.29) is 12.1 Å². The van der Waals surface area contributed by atoms with E-state index in [4.69, 9.17) is 23.8 Å². The average Bonchev–Trinajstić information content (AvgIpc) is 3.31. The molecular formula is C28H27ClN4S. The van der Waals surface area contributed by atoms with Crippen molar-refractivity contribution >= 4 is 34.6 Å². The summed E-state index contributed by atoms with van der Waals surface area (Å²) in [6.45, 7) is 8.54. The van der Waals surface area contributed by atoms with Crippen LogP contribution in [0.4, 0.5) is 5.69 Å². The summed E-state index contributed by atoms with van der Waals surface area (Å²) in [5.41, 5.74) is 9.03. The number of hydrogen-bond acceptors (Lipinski definition) is 2. The molecule has 4 nitrogen and oxygen atoms in total. The SMILES string of the molecule is Cc1cccc(N2C(=S)N[C@@H](c3ccccn3)[C@@H]2c2cc(C)n(-c3cc(Cl)ccc3C)c2C)c1. The van der Waals surface area contributed by atoms with Crippen LogP contribution in [0.5, 0.6) is 0 Å². The summed E-state index contributed by atoms with van der Waals surface area (Å²) in [6, 6.07) is 22.7. The largest absolute Gasteiger partial charge is 0.351 e. The van der Waals surface area contributed by atoms with Gasteiger partial charge >= 0.3 is 0 Å². The normalized spacial score (nSPS) is 17.8. The summed E-state index contributed by atoms with van der Waals surface area (Å²) < 4.78 is 2.29. The van der Waals surface area contributed by atoms with Crippen molar-refractivity contribution in [2.24, 2.45) is 0 Å². The molecule has 0 unspecified atom stereocenters. The Hall–Kier alpha value is -3.15. The summed E-state index contributed by atoms with van der Waals surface area (Å²) in [4.78, 5) is 6.92. The van der Waals surface area contributed by atoms with Crippen LogP contribution in [0.25, 0.3) is 5.69 Å². The highest BCUT2D eigenvalue weighted by Crippen LogP contribution is 2.44. The van der Waals surface area contributed by atoms with Crippen molar-refractivity contribution in [1.29, 1.82) is 0 Å². The van der Waals surface area contributed by atoms with Gasteiger partial charge in [-0.1, -0.05) is 35.9 Å². The Balaban J connectivity index is 1.71. The first kappa shape index (κ1) is 22.6. The molecule has 2 aromatic heterocycles. The Bertz CT molecular complexity index is 1380. The van der Waals surface area contributed by atoms with Crippen LogP contribution >= 0.6 is 23.8 Å². The average molecular weight is 487 g/mol. The van der Waals surface area contributed by atoms with Crippen molar-refractivity contribution in [1.82, 2.24) is 14.9 Å². The molecule has 1 saturated heterocycles. The highest BCUT2D eigenvalue weighted by Gasteiger charge is 2.42. The number of aromatic nitrogens is 2. The fourth-order valence-electron chi connectivity index (χ4n) is 5.01. The second-order valence-corrected chi connectivity index (χ2v) is 9.75. The van der Waals surface area contributed by atoms with E-state index in [1.807, 2.05) is 30.5 Å². The molecule has 0 amide bonds. The minimum absolute atomic E-state index is 0.0522. The standard InChI is InChI=1S/C28H27ClN4S/c1-17-8-7-9-22(14-17)33-27(26(31-28(33)34)24-10-5-6-13-30-24)23-15-19(3)32(20(23)4)25-16-21(29)12-11-18(25)2/h5-16,26-27H,1-4H3,(H,31,34)/t26-,27-/m0/s1. The predicted molar refractivity (Wildman–Crippen MR) is 144 cm³/mol. The van der Waals surface area contributed by atoms with E-state index >= 15 is 0 Å². The van der Waals surface area contributed by atoms with Gasteiger partial charge in [0.15, 0.2) is 5.11 Å². The fraction of sp³-hybridized carbons (Fsp3) is 0.214. The van der Waals surface area contributed by atoms with Gasteiger partial charge in [-0.3, -0.25) is 4.98 Å². The zero-order chi connectivity index (χ0) is 24.0. The van der Waals surface area contributed by atoms with E-state index in [9.17, 15) is 0 Å². The van der Waals surface area contributed by atoms with E-state index in [2.05, 4.69) is 89.9 Å². The second-order valence-electron chi connectivity index (χ2n) is 8.93. The molecule has 0 radical (unpaired) electrons. The van der Waals surface area contributed by atoms with Gasteiger partial charge in [-0.05, 0) is 99.1 Å². The molecule has 3 heterocycles.